The second-order valence-corrected chi connectivity index (χ2v) is 7.09. The number of benzene rings is 1. The highest BCUT2D eigenvalue weighted by Crippen LogP contribution is 2.21. The fourth-order valence-corrected chi connectivity index (χ4v) is 3.19. The van der Waals surface area contributed by atoms with Crippen molar-refractivity contribution < 1.29 is 24.6 Å². The molecule has 2 atom stereocenters. The van der Waals surface area contributed by atoms with Crippen molar-refractivity contribution in [3.8, 4) is 0 Å². The van der Waals surface area contributed by atoms with Gasteiger partial charge in [0.05, 0.1) is 0 Å². The van der Waals surface area contributed by atoms with Crippen molar-refractivity contribution in [1.29, 1.82) is 0 Å². The van der Waals surface area contributed by atoms with Gasteiger partial charge in [-0.3, -0.25) is 19.4 Å². The lowest BCUT2D eigenvalue weighted by atomic mass is 10.0. The van der Waals surface area contributed by atoms with Gasteiger partial charge < -0.3 is 31.9 Å². The smallest absolute Gasteiger partial charge is 0.326 e. The first-order valence-corrected chi connectivity index (χ1v) is 9.47. The number of carbonyl (C=O) groups excluding carboxylic acids is 1. The third-order valence-electron chi connectivity index (χ3n) is 4.75. The number of aromatic nitrogens is 2. The van der Waals surface area contributed by atoms with Crippen LogP contribution in [0.15, 0.2) is 29.1 Å². The van der Waals surface area contributed by atoms with E-state index in [2.05, 4.69) is 25.9 Å². The molecule has 1 aromatic carbocycles. The molecule has 0 saturated heterocycles. The first-order valence-electron chi connectivity index (χ1n) is 9.47. The number of carbonyl (C=O) groups is 3. The number of H-pyrrole nitrogens is 1. The maximum absolute atomic E-state index is 12.3. The minimum absolute atomic E-state index is 0.0264. The lowest BCUT2D eigenvalue weighted by Crippen LogP contribution is -2.41. The monoisotopic (exact) mass is 430 g/mol. The van der Waals surface area contributed by atoms with Gasteiger partial charge in [0, 0.05) is 24.6 Å². The molecule has 0 unspecified atom stereocenters. The molecule has 1 aliphatic heterocycles. The highest BCUT2D eigenvalue weighted by molar-refractivity contribution is 5.96. The van der Waals surface area contributed by atoms with Crippen molar-refractivity contribution in [2.24, 2.45) is 0 Å². The Labute approximate surface area is 175 Å². The molecule has 0 fully saturated rings. The molecule has 3 rings (SSSR count). The van der Waals surface area contributed by atoms with E-state index >= 15 is 0 Å². The average molecular weight is 430 g/mol. The Bertz CT molecular complexity index is 1050. The Balaban J connectivity index is 1.61. The van der Waals surface area contributed by atoms with Crippen LogP contribution >= 0.6 is 0 Å². The summed E-state index contributed by atoms with van der Waals surface area (Å²) in [6, 6.07) is 5.17. The quantitative estimate of drug-likeness (QED) is 0.295. The van der Waals surface area contributed by atoms with E-state index in [1.54, 1.807) is 24.3 Å². The molecule has 0 saturated carbocycles. The zero-order chi connectivity index (χ0) is 22.5. The van der Waals surface area contributed by atoms with E-state index in [1.807, 2.05) is 0 Å². The Kier molecular flexibility index (Phi) is 6.38. The zero-order valence-electron chi connectivity index (χ0n) is 16.3. The van der Waals surface area contributed by atoms with Crippen molar-refractivity contribution in [1.82, 2.24) is 15.3 Å². The van der Waals surface area contributed by atoms with Crippen molar-refractivity contribution in [2.75, 3.05) is 22.9 Å². The van der Waals surface area contributed by atoms with Crippen LogP contribution in [0.4, 0.5) is 17.5 Å². The molecule has 31 heavy (non-hydrogen) atoms. The molecule has 12 nitrogen and oxygen atoms in total. The van der Waals surface area contributed by atoms with E-state index in [0.717, 1.165) is 5.56 Å². The van der Waals surface area contributed by atoms with Gasteiger partial charge in [0.2, 0.25) is 5.95 Å². The predicted molar refractivity (Wildman–Crippen MR) is 111 cm³/mol. The van der Waals surface area contributed by atoms with Crippen LogP contribution in [-0.4, -0.2) is 56.7 Å². The third-order valence-corrected chi connectivity index (χ3v) is 4.75. The Morgan fingerprint density at radius 3 is 2.58 bits per heavy atom. The van der Waals surface area contributed by atoms with Crippen LogP contribution in [-0.2, 0) is 16.0 Å². The van der Waals surface area contributed by atoms with Crippen molar-refractivity contribution in [3.63, 3.8) is 0 Å². The summed E-state index contributed by atoms with van der Waals surface area (Å²) >= 11 is 0. The number of fused-ring (bicyclic) bond motifs is 1. The van der Waals surface area contributed by atoms with E-state index in [0.29, 0.717) is 24.5 Å². The molecule has 12 heteroatoms. The highest BCUT2D eigenvalue weighted by Gasteiger charge is 2.23. The number of hydrogen-bond acceptors (Lipinski definition) is 8. The molecule has 2 heterocycles. The summed E-state index contributed by atoms with van der Waals surface area (Å²) in [7, 11) is 0. The normalized spacial score (nSPS) is 15.7. The summed E-state index contributed by atoms with van der Waals surface area (Å²) in [5.41, 5.74) is 6.61. The van der Waals surface area contributed by atoms with Gasteiger partial charge in [-0.05, 0) is 30.5 Å². The highest BCUT2D eigenvalue weighted by atomic mass is 16.4. The lowest BCUT2D eigenvalue weighted by Gasteiger charge is -2.27. The maximum atomic E-state index is 12.3. The summed E-state index contributed by atoms with van der Waals surface area (Å²) in [6.45, 7) is 0.509. The number of carboxylic acid groups (broad SMARTS) is 2. The van der Waals surface area contributed by atoms with Crippen molar-refractivity contribution in [2.45, 2.75) is 31.3 Å². The van der Waals surface area contributed by atoms with Crippen LogP contribution in [0.3, 0.4) is 0 Å². The van der Waals surface area contributed by atoms with Gasteiger partial charge in [-0.1, -0.05) is 12.1 Å². The van der Waals surface area contributed by atoms with E-state index < -0.39 is 23.9 Å². The zero-order valence-corrected chi connectivity index (χ0v) is 16.3. The first-order chi connectivity index (χ1) is 14.7. The number of hydrogen-bond donors (Lipinski definition) is 7. The van der Waals surface area contributed by atoms with Gasteiger partial charge in [-0.2, -0.15) is 4.98 Å². The molecule has 0 spiro atoms. The molecule has 1 amide bonds. The standard InChI is InChI=1S/C19H22N6O6/c20-19-24-15-14(17(29)25-19)22-11(8-21-15)7-9-1-3-10(4-2-9)16(28)23-12(18(30)31)5-6-13(26)27/h1-4,11-12,22H,5-8H2,(H,23,28)(H,26,27)(H,30,31)(H4,20,21,24,25,29)/t11-,12-/m0/s1. The van der Waals surface area contributed by atoms with Crippen LogP contribution in [0.2, 0.25) is 0 Å². The molecular weight excluding hydrogens is 408 g/mol. The van der Waals surface area contributed by atoms with Gasteiger partial charge in [0.1, 0.15) is 11.7 Å². The second kappa shape index (κ2) is 9.15. The molecule has 2 aromatic rings. The number of carboxylic acids is 2. The van der Waals surface area contributed by atoms with Gasteiger partial charge in [0.15, 0.2) is 5.82 Å². The van der Waals surface area contributed by atoms with E-state index in [-0.39, 0.29) is 36.0 Å². The number of nitrogens with one attached hydrogen (secondary N) is 4. The number of aromatic amines is 1. The summed E-state index contributed by atoms with van der Waals surface area (Å²) in [5, 5.41) is 26.4. The van der Waals surface area contributed by atoms with E-state index in [4.69, 9.17) is 15.9 Å². The first kappa shape index (κ1) is 21.6. The topological polar surface area (TPSA) is 200 Å². The number of amides is 1. The number of aliphatic carboxylic acids is 2. The number of anilines is 3. The predicted octanol–water partition coefficient (Wildman–Crippen LogP) is -0.151. The Hall–Kier alpha value is -4.09. The largest absolute Gasteiger partial charge is 0.481 e. The molecule has 1 aromatic heterocycles. The molecule has 8 N–H and O–H groups in total. The van der Waals surface area contributed by atoms with Gasteiger partial charge >= 0.3 is 11.9 Å². The van der Waals surface area contributed by atoms with Crippen LogP contribution in [0.1, 0.15) is 28.8 Å². The summed E-state index contributed by atoms with van der Waals surface area (Å²) in [5.74, 6) is -2.63. The van der Waals surface area contributed by atoms with Gasteiger partial charge in [-0.15, -0.1) is 0 Å². The van der Waals surface area contributed by atoms with Crippen molar-refractivity contribution >= 4 is 35.3 Å². The molecule has 1 aliphatic rings. The number of nitrogens with zero attached hydrogens (tertiary/aromatic N) is 1. The molecule has 0 aliphatic carbocycles. The number of rotatable bonds is 8. The van der Waals surface area contributed by atoms with Crippen LogP contribution in [0.25, 0.3) is 0 Å². The van der Waals surface area contributed by atoms with E-state index in [1.165, 1.54) is 0 Å². The van der Waals surface area contributed by atoms with Crippen LogP contribution < -0.4 is 27.2 Å². The van der Waals surface area contributed by atoms with Crippen LogP contribution in [0, 0.1) is 0 Å². The van der Waals surface area contributed by atoms with E-state index in [9.17, 15) is 19.2 Å². The van der Waals surface area contributed by atoms with Crippen molar-refractivity contribution in [3.05, 3.63) is 45.7 Å². The molecular formula is C19H22N6O6. The van der Waals surface area contributed by atoms with Crippen LogP contribution in [0.5, 0.6) is 0 Å². The Morgan fingerprint density at radius 1 is 1.23 bits per heavy atom. The lowest BCUT2D eigenvalue weighted by molar-refractivity contribution is -0.140. The summed E-state index contributed by atoms with van der Waals surface area (Å²) < 4.78 is 0. The summed E-state index contributed by atoms with van der Waals surface area (Å²) in [4.78, 5) is 52.7. The van der Waals surface area contributed by atoms with Gasteiger partial charge in [-0.25, -0.2) is 4.79 Å². The third kappa shape index (κ3) is 5.50. The fraction of sp³-hybridized carbons (Fsp3) is 0.316. The fourth-order valence-electron chi connectivity index (χ4n) is 3.19. The molecule has 0 radical (unpaired) electrons. The summed E-state index contributed by atoms with van der Waals surface area (Å²) in [6.07, 6.45) is -0.0306. The van der Waals surface area contributed by atoms with Gasteiger partial charge in [0.25, 0.3) is 11.5 Å². The number of nitrogens with two attached hydrogens (primary N) is 1. The minimum atomic E-state index is -1.30. The second-order valence-electron chi connectivity index (χ2n) is 7.09. The molecule has 164 valence electrons. The molecule has 0 bridgehead atoms. The Morgan fingerprint density at radius 2 is 1.94 bits per heavy atom. The SMILES string of the molecule is Nc1nc2c(c(=O)[nH]1)N[C@@H](Cc1ccc(C(=O)N[C@@H](CCC(=O)O)C(=O)O)cc1)CN2. The maximum Gasteiger partial charge on any atom is 0.326 e. The minimum Gasteiger partial charge on any atom is -0.481 e. The number of nitrogen functional groups attached to an aromatic ring is 1. The average Bonchev–Trinajstić information content (AvgIpc) is 2.71.